The summed E-state index contributed by atoms with van der Waals surface area (Å²) < 4.78 is 3.16. The second-order valence-corrected chi connectivity index (χ2v) is 4.41. The molecule has 0 fully saturated rings. The van der Waals surface area contributed by atoms with Gasteiger partial charge in [-0.15, -0.1) is 0 Å². The van der Waals surface area contributed by atoms with E-state index in [-0.39, 0.29) is 18.0 Å². The van der Waals surface area contributed by atoms with Gasteiger partial charge in [0.1, 0.15) is 12.4 Å². The third-order valence-corrected chi connectivity index (χ3v) is 2.88. The molecule has 0 unspecified atom stereocenters. The summed E-state index contributed by atoms with van der Waals surface area (Å²) in [4.78, 5) is 21.7. The molecule has 0 bridgehead atoms. The van der Waals surface area contributed by atoms with Crippen LogP contribution in [0.2, 0.25) is 0 Å². The molecule has 21 heavy (non-hydrogen) atoms. The van der Waals surface area contributed by atoms with Gasteiger partial charge in [-0.05, 0) is 13.0 Å². The van der Waals surface area contributed by atoms with Crippen molar-refractivity contribution < 1.29 is 9.72 Å². The maximum atomic E-state index is 11.7. The van der Waals surface area contributed by atoms with Crippen molar-refractivity contribution >= 4 is 11.6 Å². The summed E-state index contributed by atoms with van der Waals surface area (Å²) in [5.41, 5.74) is 0.709. The van der Waals surface area contributed by atoms with Gasteiger partial charge in [-0.3, -0.25) is 24.3 Å². The van der Waals surface area contributed by atoms with Crippen molar-refractivity contribution in [3.63, 3.8) is 0 Å². The second kappa shape index (κ2) is 6.64. The van der Waals surface area contributed by atoms with Gasteiger partial charge < -0.3 is 5.32 Å². The highest BCUT2D eigenvalue weighted by molar-refractivity contribution is 5.75. The van der Waals surface area contributed by atoms with E-state index in [9.17, 15) is 14.9 Å². The van der Waals surface area contributed by atoms with Crippen molar-refractivity contribution in [2.45, 2.75) is 33.0 Å². The number of aryl methyl sites for hydroxylation is 2. The van der Waals surface area contributed by atoms with Gasteiger partial charge in [0, 0.05) is 25.7 Å². The first-order valence-corrected chi connectivity index (χ1v) is 6.54. The minimum atomic E-state index is -0.520. The minimum absolute atomic E-state index is 0.0829. The Kier molecular flexibility index (Phi) is 4.64. The van der Waals surface area contributed by atoms with Crippen molar-refractivity contribution in [2.24, 2.45) is 0 Å². The molecular weight excluding hydrogens is 276 g/mol. The number of aromatic nitrogens is 4. The summed E-state index contributed by atoms with van der Waals surface area (Å²) in [5.74, 6) is -0.154. The lowest BCUT2D eigenvalue weighted by atomic mass is 10.3. The Bertz CT molecular complexity index is 632. The normalized spacial score (nSPS) is 10.5. The van der Waals surface area contributed by atoms with Crippen LogP contribution in [0.15, 0.2) is 24.7 Å². The van der Waals surface area contributed by atoms with E-state index >= 15 is 0 Å². The second-order valence-electron chi connectivity index (χ2n) is 4.41. The van der Waals surface area contributed by atoms with Crippen molar-refractivity contribution in [2.75, 3.05) is 0 Å². The summed E-state index contributed by atoms with van der Waals surface area (Å²) in [5, 5.41) is 21.3. The van der Waals surface area contributed by atoms with Crippen molar-refractivity contribution in [3.05, 3.63) is 40.5 Å². The van der Waals surface area contributed by atoms with Gasteiger partial charge in [0.2, 0.25) is 5.91 Å². The monoisotopic (exact) mass is 292 g/mol. The number of nitro groups is 1. The third kappa shape index (κ3) is 4.13. The molecule has 0 atom stereocenters. The Morgan fingerprint density at radius 3 is 2.90 bits per heavy atom. The zero-order valence-corrected chi connectivity index (χ0v) is 11.6. The molecule has 1 N–H and O–H groups in total. The summed E-state index contributed by atoms with van der Waals surface area (Å²) in [6.07, 6.45) is 4.52. The summed E-state index contributed by atoms with van der Waals surface area (Å²) in [7, 11) is 0. The van der Waals surface area contributed by atoms with Crippen molar-refractivity contribution in [3.8, 4) is 0 Å². The minimum Gasteiger partial charge on any atom is -0.350 e. The molecule has 2 aromatic rings. The molecule has 2 heterocycles. The predicted octanol–water partition coefficient (Wildman–Crippen LogP) is 0.714. The molecule has 112 valence electrons. The number of rotatable bonds is 7. The number of hydrogen-bond acceptors (Lipinski definition) is 5. The van der Waals surface area contributed by atoms with Crippen LogP contribution in [0.4, 0.5) is 5.69 Å². The highest BCUT2D eigenvalue weighted by Crippen LogP contribution is 2.07. The predicted molar refractivity (Wildman–Crippen MR) is 73.2 cm³/mol. The van der Waals surface area contributed by atoms with Crippen molar-refractivity contribution in [1.29, 1.82) is 0 Å². The number of nitrogens with zero attached hydrogens (tertiary/aromatic N) is 5. The van der Waals surface area contributed by atoms with Crippen LogP contribution in [0.25, 0.3) is 0 Å². The molecule has 0 aliphatic heterocycles. The average molecular weight is 292 g/mol. The van der Waals surface area contributed by atoms with Gasteiger partial charge in [0.15, 0.2) is 0 Å². The Balaban J connectivity index is 1.75. The Morgan fingerprint density at radius 2 is 2.29 bits per heavy atom. The zero-order valence-electron chi connectivity index (χ0n) is 11.6. The lowest BCUT2D eigenvalue weighted by molar-refractivity contribution is -0.385. The van der Waals surface area contributed by atoms with Crippen LogP contribution in [-0.4, -0.2) is 30.4 Å². The zero-order chi connectivity index (χ0) is 15.2. The summed E-state index contributed by atoms with van der Waals surface area (Å²) in [6, 6.07) is 1.85. The maximum Gasteiger partial charge on any atom is 0.306 e. The van der Waals surface area contributed by atoms with Crippen LogP contribution in [0.3, 0.4) is 0 Å². The van der Waals surface area contributed by atoms with Crippen LogP contribution in [0, 0.1) is 10.1 Å². The molecule has 9 heteroatoms. The van der Waals surface area contributed by atoms with Crippen LogP contribution >= 0.6 is 0 Å². The smallest absolute Gasteiger partial charge is 0.306 e. The molecule has 0 radical (unpaired) electrons. The number of hydrogen-bond donors (Lipinski definition) is 1. The highest BCUT2D eigenvalue weighted by atomic mass is 16.6. The maximum absolute atomic E-state index is 11.7. The molecule has 0 aliphatic carbocycles. The molecule has 0 saturated heterocycles. The molecule has 2 rings (SSSR count). The van der Waals surface area contributed by atoms with E-state index in [2.05, 4.69) is 15.5 Å². The average Bonchev–Trinajstić information content (AvgIpc) is 3.11. The molecule has 2 aromatic heterocycles. The molecular formula is C12H16N6O3. The number of nitrogens with one attached hydrogen (secondary N) is 1. The van der Waals surface area contributed by atoms with Crippen LogP contribution in [0.5, 0.6) is 0 Å². The van der Waals surface area contributed by atoms with Gasteiger partial charge in [-0.1, -0.05) is 0 Å². The van der Waals surface area contributed by atoms with E-state index in [0.717, 1.165) is 18.4 Å². The first kappa shape index (κ1) is 14.7. The fourth-order valence-electron chi connectivity index (χ4n) is 1.74. The SMILES string of the molecule is CCn1ccc(CNC(=O)CCn2cc([N+](=O)[O-])cn2)n1. The number of amides is 1. The van der Waals surface area contributed by atoms with Crippen molar-refractivity contribution in [1.82, 2.24) is 24.9 Å². The van der Waals surface area contributed by atoms with Crippen LogP contribution in [0.1, 0.15) is 19.0 Å². The lowest BCUT2D eigenvalue weighted by Crippen LogP contribution is -2.24. The van der Waals surface area contributed by atoms with E-state index in [1.165, 1.54) is 10.9 Å². The summed E-state index contributed by atoms with van der Waals surface area (Å²) in [6.45, 7) is 3.43. The van der Waals surface area contributed by atoms with Gasteiger partial charge in [-0.25, -0.2) is 0 Å². The molecule has 0 aliphatic rings. The van der Waals surface area contributed by atoms with Gasteiger partial charge in [0.05, 0.1) is 17.2 Å². The number of carbonyl (C=O) groups excluding carboxylic acids is 1. The van der Waals surface area contributed by atoms with E-state index in [4.69, 9.17) is 0 Å². The molecule has 0 aromatic carbocycles. The quantitative estimate of drug-likeness (QED) is 0.597. The van der Waals surface area contributed by atoms with Gasteiger partial charge >= 0.3 is 5.69 Å². The van der Waals surface area contributed by atoms with E-state index < -0.39 is 4.92 Å². The van der Waals surface area contributed by atoms with E-state index in [1.807, 2.05) is 19.2 Å². The first-order chi connectivity index (χ1) is 10.1. The van der Waals surface area contributed by atoms with Gasteiger partial charge in [-0.2, -0.15) is 10.2 Å². The highest BCUT2D eigenvalue weighted by Gasteiger charge is 2.10. The molecule has 0 saturated carbocycles. The topological polar surface area (TPSA) is 108 Å². The first-order valence-electron chi connectivity index (χ1n) is 6.54. The van der Waals surface area contributed by atoms with E-state index in [1.54, 1.807) is 4.68 Å². The Hall–Kier alpha value is -2.71. The summed E-state index contributed by atoms with van der Waals surface area (Å²) >= 11 is 0. The molecule has 0 spiro atoms. The van der Waals surface area contributed by atoms with Crippen LogP contribution < -0.4 is 5.32 Å². The molecule has 9 nitrogen and oxygen atoms in total. The number of carbonyl (C=O) groups is 1. The van der Waals surface area contributed by atoms with Crippen LogP contribution in [-0.2, 0) is 24.4 Å². The third-order valence-electron chi connectivity index (χ3n) is 2.88. The molecule has 1 amide bonds. The lowest BCUT2D eigenvalue weighted by Gasteiger charge is -2.03. The van der Waals surface area contributed by atoms with Gasteiger partial charge in [0.25, 0.3) is 0 Å². The fourth-order valence-corrected chi connectivity index (χ4v) is 1.74. The standard InChI is InChI=1S/C12H16N6O3/c1-2-16-5-3-10(15-16)7-13-12(19)4-6-17-9-11(8-14-17)18(20)21/h3,5,8-9H,2,4,6-7H2,1H3,(H,13,19). The van der Waals surface area contributed by atoms with E-state index in [0.29, 0.717) is 13.1 Å². The Labute approximate surface area is 120 Å². The fraction of sp³-hybridized carbons (Fsp3) is 0.417. The Morgan fingerprint density at radius 1 is 1.48 bits per heavy atom. The largest absolute Gasteiger partial charge is 0.350 e.